The predicted molar refractivity (Wildman–Crippen MR) is 381 cm³/mol. The normalized spacial score (nSPS) is 14.4. The molecule has 0 amide bonds. The fraction of sp³-hybridized carbons (Fsp3) is 0.947. The predicted octanol–water partition coefficient (Wildman–Crippen LogP) is 21.8. The molecule has 0 aliphatic heterocycles. The van der Waals surface area contributed by atoms with E-state index in [1.54, 1.807) is 0 Å². The summed E-state index contributed by atoms with van der Waals surface area (Å²) in [6, 6.07) is 0. The SMILES string of the molecule is CCCCCCCCCCCCCCCCC(=O)OC[C@H](COP(=O)(O)OC[C@@H](O)COP(=O)(O)OC[C@@H](COC(=O)CCCCCCCCC(C)CC)OC(=O)CCCCCCCCCCC(C)C)OC(=O)CCCCCCCCCCCCCCCCCCC(C)C. The Balaban J connectivity index is 5.23. The van der Waals surface area contributed by atoms with Crippen molar-refractivity contribution in [2.24, 2.45) is 17.8 Å². The summed E-state index contributed by atoms with van der Waals surface area (Å²) in [7, 11) is -9.91. The molecule has 0 bridgehead atoms. The molecule has 94 heavy (non-hydrogen) atoms. The average Bonchev–Trinajstić information content (AvgIpc) is 3.74. The molecule has 0 aliphatic carbocycles. The van der Waals surface area contributed by atoms with Crippen LogP contribution < -0.4 is 0 Å². The largest absolute Gasteiger partial charge is 0.472 e. The van der Waals surface area contributed by atoms with Gasteiger partial charge in [-0.2, -0.15) is 0 Å². The molecule has 0 heterocycles. The quantitative estimate of drug-likeness (QED) is 0.0222. The lowest BCUT2D eigenvalue weighted by molar-refractivity contribution is -0.161. The third-order valence-corrected chi connectivity index (χ3v) is 19.6. The standard InChI is InChI=1S/C75H146O17P2/c1-8-10-11-12-13-14-15-16-22-25-28-34-42-49-56-72(77)85-62-70(91-74(79)58-51-44-35-29-26-23-20-18-17-19-21-24-27-32-39-46-53-66(3)4)64-89-93(81,82)87-60-69(76)61-88-94(83,84)90-65-71(63-86-73(78)57-50-43-38-37-41-48-55-68(7)9-2)92-75(80)59-52-45-36-31-30-33-40-47-54-67(5)6/h66-71,76H,8-65H2,1-7H3,(H,81,82)(H,83,84)/t68?,69-,70-,71-/m1/s1. The van der Waals surface area contributed by atoms with Gasteiger partial charge < -0.3 is 33.8 Å². The van der Waals surface area contributed by atoms with Gasteiger partial charge >= 0.3 is 39.5 Å². The molecule has 0 aliphatic rings. The van der Waals surface area contributed by atoms with E-state index in [9.17, 15) is 43.2 Å². The van der Waals surface area contributed by atoms with E-state index in [1.807, 2.05) is 0 Å². The van der Waals surface area contributed by atoms with Crippen LogP contribution in [0.15, 0.2) is 0 Å². The number of carbonyl (C=O) groups is 4. The number of aliphatic hydroxyl groups is 1. The first kappa shape index (κ1) is 92.1. The number of unbranched alkanes of at least 4 members (excludes halogenated alkanes) is 40. The van der Waals surface area contributed by atoms with Crippen LogP contribution in [-0.4, -0.2) is 96.7 Å². The second-order valence-electron chi connectivity index (χ2n) is 28.2. The van der Waals surface area contributed by atoms with Crippen molar-refractivity contribution in [2.75, 3.05) is 39.6 Å². The van der Waals surface area contributed by atoms with Crippen LogP contribution in [0.25, 0.3) is 0 Å². The summed E-state index contributed by atoms with van der Waals surface area (Å²) in [4.78, 5) is 72.7. The fourth-order valence-corrected chi connectivity index (χ4v) is 13.0. The second-order valence-corrected chi connectivity index (χ2v) is 31.1. The van der Waals surface area contributed by atoms with E-state index in [0.717, 1.165) is 114 Å². The van der Waals surface area contributed by atoms with Crippen molar-refractivity contribution in [3.63, 3.8) is 0 Å². The summed E-state index contributed by atoms with van der Waals surface area (Å²) >= 11 is 0. The molecule has 17 nitrogen and oxygen atoms in total. The van der Waals surface area contributed by atoms with Crippen molar-refractivity contribution in [3.05, 3.63) is 0 Å². The first-order valence-corrected chi connectivity index (χ1v) is 41.9. The van der Waals surface area contributed by atoms with Crippen LogP contribution >= 0.6 is 15.6 Å². The Morgan fingerprint density at radius 1 is 0.309 bits per heavy atom. The Labute approximate surface area is 575 Å². The first-order chi connectivity index (χ1) is 45.3. The summed E-state index contributed by atoms with van der Waals surface area (Å²) in [6.07, 6.45) is 51.4. The molecule has 0 aromatic rings. The topological polar surface area (TPSA) is 237 Å². The summed E-state index contributed by atoms with van der Waals surface area (Å²) in [5.74, 6) is 0.137. The minimum atomic E-state index is -4.96. The zero-order valence-electron chi connectivity index (χ0n) is 61.4. The van der Waals surface area contributed by atoms with Gasteiger partial charge in [-0.15, -0.1) is 0 Å². The van der Waals surface area contributed by atoms with Crippen molar-refractivity contribution < 1.29 is 80.2 Å². The van der Waals surface area contributed by atoms with Gasteiger partial charge in [0.2, 0.25) is 0 Å². The number of ether oxygens (including phenoxy) is 4. The lowest BCUT2D eigenvalue weighted by Crippen LogP contribution is -2.30. The van der Waals surface area contributed by atoms with E-state index >= 15 is 0 Å². The van der Waals surface area contributed by atoms with Gasteiger partial charge in [0.05, 0.1) is 26.4 Å². The van der Waals surface area contributed by atoms with Crippen molar-refractivity contribution in [1.82, 2.24) is 0 Å². The molecule has 0 saturated carbocycles. The molecule has 3 N–H and O–H groups in total. The maximum absolute atomic E-state index is 13.1. The summed E-state index contributed by atoms with van der Waals surface area (Å²) < 4.78 is 68.5. The maximum atomic E-state index is 13.1. The number of rotatable bonds is 73. The van der Waals surface area contributed by atoms with E-state index in [4.69, 9.17) is 37.0 Å². The average molecular weight is 1380 g/mol. The van der Waals surface area contributed by atoms with Gasteiger partial charge in [-0.25, -0.2) is 9.13 Å². The minimum Gasteiger partial charge on any atom is -0.462 e. The van der Waals surface area contributed by atoms with Gasteiger partial charge in [-0.05, 0) is 43.4 Å². The number of hydrogen-bond acceptors (Lipinski definition) is 15. The molecule has 0 aromatic heterocycles. The van der Waals surface area contributed by atoms with Crippen LogP contribution in [0, 0.1) is 17.8 Å². The molecular weight excluding hydrogens is 1230 g/mol. The Morgan fingerprint density at radius 3 is 0.809 bits per heavy atom. The van der Waals surface area contributed by atoms with Gasteiger partial charge in [0.25, 0.3) is 0 Å². The smallest absolute Gasteiger partial charge is 0.462 e. The monoisotopic (exact) mass is 1380 g/mol. The van der Waals surface area contributed by atoms with Gasteiger partial charge in [-0.3, -0.25) is 37.3 Å². The highest BCUT2D eigenvalue weighted by Gasteiger charge is 2.30. The number of esters is 4. The summed E-state index contributed by atoms with van der Waals surface area (Å²) in [5.41, 5.74) is 0. The van der Waals surface area contributed by atoms with Crippen LogP contribution in [0.2, 0.25) is 0 Å². The van der Waals surface area contributed by atoms with Crippen molar-refractivity contribution in [3.8, 4) is 0 Å². The number of phosphoric ester groups is 2. The van der Waals surface area contributed by atoms with Crippen LogP contribution in [-0.2, 0) is 65.4 Å². The minimum absolute atomic E-state index is 0.104. The number of hydrogen-bond donors (Lipinski definition) is 3. The van der Waals surface area contributed by atoms with E-state index in [-0.39, 0.29) is 25.7 Å². The van der Waals surface area contributed by atoms with Crippen LogP contribution in [0.3, 0.4) is 0 Å². The van der Waals surface area contributed by atoms with Crippen LogP contribution in [0.5, 0.6) is 0 Å². The third-order valence-electron chi connectivity index (χ3n) is 17.7. The van der Waals surface area contributed by atoms with Gasteiger partial charge in [0.1, 0.15) is 19.3 Å². The fourth-order valence-electron chi connectivity index (χ4n) is 11.4. The van der Waals surface area contributed by atoms with Crippen molar-refractivity contribution in [1.29, 1.82) is 0 Å². The Bertz CT molecular complexity index is 1840. The lowest BCUT2D eigenvalue weighted by atomic mass is 10.00. The lowest BCUT2D eigenvalue weighted by Gasteiger charge is -2.21. The van der Waals surface area contributed by atoms with E-state index in [0.29, 0.717) is 25.7 Å². The molecule has 0 spiro atoms. The Morgan fingerprint density at radius 2 is 0.543 bits per heavy atom. The molecule has 0 saturated heterocycles. The molecule has 0 aromatic carbocycles. The van der Waals surface area contributed by atoms with E-state index in [2.05, 4.69) is 48.5 Å². The molecule has 3 unspecified atom stereocenters. The van der Waals surface area contributed by atoms with E-state index in [1.165, 1.54) is 186 Å². The third kappa shape index (κ3) is 67.3. The highest BCUT2D eigenvalue weighted by molar-refractivity contribution is 7.47. The molecule has 6 atom stereocenters. The van der Waals surface area contributed by atoms with Gasteiger partial charge in [0, 0.05) is 25.7 Å². The van der Waals surface area contributed by atoms with Crippen molar-refractivity contribution >= 4 is 39.5 Å². The number of phosphoric acid groups is 2. The molecule has 0 fully saturated rings. The zero-order valence-corrected chi connectivity index (χ0v) is 63.2. The van der Waals surface area contributed by atoms with E-state index < -0.39 is 97.5 Å². The Hall–Kier alpha value is -1.94. The first-order valence-electron chi connectivity index (χ1n) is 38.9. The van der Waals surface area contributed by atoms with Crippen LogP contribution in [0.4, 0.5) is 0 Å². The number of aliphatic hydroxyl groups excluding tert-OH is 1. The van der Waals surface area contributed by atoms with Crippen LogP contribution in [0.1, 0.15) is 382 Å². The number of carbonyl (C=O) groups excluding carboxylic acids is 4. The second kappa shape index (κ2) is 65.7. The molecule has 0 rings (SSSR count). The van der Waals surface area contributed by atoms with Crippen molar-refractivity contribution in [2.45, 2.75) is 401 Å². The molecule has 0 radical (unpaired) electrons. The molecular formula is C75H146O17P2. The van der Waals surface area contributed by atoms with Gasteiger partial charge in [0.15, 0.2) is 12.2 Å². The summed E-state index contributed by atoms with van der Waals surface area (Å²) in [5, 5.41) is 10.6. The Kier molecular flexibility index (Phi) is 64.3. The molecule has 558 valence electrons. The summed E-state index contributed by atoms with van der Waals surface area (Å²) in [6.45, 7) is 11.8. The highest BCUT2D eigenvalue weighted by atomic mass is 31.2. The molecule has 19 heteroatoms. The maximum Gasteiger partial charge on any atom is 0.472 e. The highest BCUT2D eigenvalue weighted by Crippen LogP contribution is 2.45. The van der Waals surface area contributed by atoms with Gasteiger partial charge in [-0.1, -0.05) is 331 Å². The zero-order chi connectivity index (χ0) is 69.4.